The van der Waals surface area contributed by atoms with Crippen molar-refractivity contribution in [2.45, 2.75) is 24.8 Å². The molecule has 0 saturated heterocycles. The number of rotatable bonds is 6. The van der Waals surface area contributed by atoms with Gasteiger partial charge >= 0.3 is 0 Å². The van der Waals surface area contributed by atoms with Crippen LogP contribution in [0, 0.1) is 11.3 Å². The van der Waals surface area contributed by atoms with E-state index in [4.69, 9.17) is 5.26 Å². The molecule has 1 aromatic carbocycles. The lowest BCUT2D eigenvalue weighted by atomic mass is 10.2. The molecular formula is C12H17N3O2S. The van der Waals surface area contributed by atoms with E-state index in [-0.39, 0.29) is 4.90 Å². The second kappa shape index (κ2) is 6.50. The maximum atomic E-state index is 11.9. The molecule has 0 bridgehead atoms. The quantitative estimate of drug-likeness (QED) is 0.748. The third kappa shape index (κ3) is 4.45. The first-order valence-corrected chi connectivity index (χ1v) is 7.17. The monoisotopic (exact) mass is 267 g/mol. The van der Waals surface area contributed by atoms with Gasteiger partial charge in [0.15, 0.2) is 0 Å². The number of nitrogens with zero attached hydrogens (tertiary/aromatic N) is 1. The Hall–Kier alpha value is -1.42. The third-order valence-electron chi connectivity index (χ3n) is 2.24. The minimum atomic E-state index is -3.53. The van der Waals surface area contributed by atoms with E-state index in [1.54, 1.807) is 12.1 Å². The van der Waals surface area contributed by atoms with Gasteiger partial charge in [0, 0.05) is 19.1 Å². The molecule has 2 N–H and O–H groups in total. The molecule has 0 heterocycles. The lowest BCUT2D eigenvalue weighted by molar-refractivity contribution is 0.559. The van der Waals surface area contributed by atoms with Gasteiger partial charge in [-0.1, -0.05) is 19.9 Å². The van der Waals surface area contributed by atoms with Crippen molar-refractivity contribution < 1.29 is 8.42 Å². The number of sulfonamides is 1. The van der Waals surface area contributed by atoms with Crippen molar-refractivity contribution in [3.05, 3.63) is 29.8 Å². The SMILES string of the molecule is CC(C)NCCNS(=O)(=O)c1cccc(C#N)c1. The maximum absolute atomic E-state index is 11.9. The fraction of sp³-hybridized carbons (Fsp3) is 0.417. The average molecular weight is 267 g/mol. The second-order valence-corrected chi connectivity index (χ2v) is 5.91. The van der Waals surface area contributed by atoms with Crippen molar-refractivity contribution in [3.63, 3.8) is 0 Å². The van der Waals surface area contributed by atoms with E-state index in [0.29, 0.717) is 24.7 Å². The van der Waals surface area contributed by atoms with Crippen molar-refractivity contribution >= 4 is 10.0 Å². The van der Waals surface area contributed by atoms with Gasteiger partial charge in [-0.05, 0) is 18.2 Å². The molecule has 1 rings (SSSR count). The standard InChI is InChI=1S/C12H17N3O2S/c1-10(2)14-6-7-15-18(16,17)12-5-3-4-11(8-12)9-13/h3-5,8,10,14-15H,6-7H2,1-2H3. The molecule has 0 saturated carbocycles. The molecule has 0 atom stereocenters. The van der Waals surface area contributed by atoms with E-state index < -0.39 is 10.0 Å². The van der Waals surface area contributed by atoms with E-state index in [1.807, 2.05) is 19.9 Å². The smallest absolute Gasteiger partial charge is 0.240 e. The predicted molar refractivity (Wildman–Crippen MR) is 69.5 cm³/mol. The van der Waals surface area contributed by atoms with Crippen LogP contribution in [-0.2, 0) is 10.0 Å². The third-order valence-corrected chi connectivity index (χ3v) is 3.70. The Labute approximate surface area is 108 Å². The molecule has 0 amide bonds. The predicted octanol–water partition coefficient (Wildman–Crippen LogP) is 0.835. The maximum Gasteiger partial charge on any atom is 0.240 e. The summed E-state index contributed by atoms with van der Waals surface area (Å²) in [5, 5.41) is 11.8. The van der Waals surface area contributed by atoms with Crippen LogP contribution >= 0.6 is 0 Å². The molecule has 6 heteroatoms. The zero-order chi connectivity index (χ0) is 13.6. The van der Waals surface area contributed by atoms with Gasteiger partial charge in [-0.15, -0.1) is 0 Å². The van der Waals surface area contributed by atoms with E-state index >= 15 is 0 Å². The van der Waals surface area contributed by atoms with E-state index in [1.165, 1.54) is 12.1 Å². The summed E-state index contributed by atoms with van der Waals surface area (Å²) in [7, 11) is -3.53. The van der Waals surface area contributed by atoms with Crippen molar-refractivity contribution in [2.75, 3.05) is 13.1 Å². The summed E-state index contributed by atoms with van der Waals surface area (Å²) in [6.45, 7) is 4.86. The number of nitrogens with one attached hydrogen (secondary N) is 2. The summed E-state index contributed by atoms with van der Waals surface area (Å²) in [5.74, 6) is 0. The molecule has 0 spiro atoms. The highest BCUT2D eigenvalue weighted by Gasteiger charge is 2.13. The van der Waals surface area contributed by atoms with Crippen molar-refractivity contribution in [1.82, 2.24) is 10.0 Å². The lowest BCUT2D eigenvalue weighted by Crippen LogP contribution is -2.34. The highest BCUT2D eigenvalue weighted by molar-refractivity contribution is 7.89. The van der Waals surface area contributed by atoms with Gasteiger partial charge in [0.1, 0.15) is 0 Å². The van der Waals surface area contributed by atoms with Crippen LogP contribution in [0.15, 0.2) is 29.2 Å². The van der Waals surface area contributed by atoms with E-state index in [9.17, 15) is 8.42 Å². The minimum Gasteiger partial charge on any atom is -0.313 e. The summed E-state index contributed by atoms with van der Waals surface area (Å²) >= 11 is 0. The van der Waals surface area contributed by atoms with Gasteiger partial charge in [-0.2, -0.15) is 5.26 Å². The Bertz CT molecular complexity index is 532. The largest absolute Gasteiger partial charge is 0.313 e. The van der Waals surface area contributed by atoms with Crippen LogP contribution < -0.4 is 10.0 Å². The summed E-state index contributed by atoms with van der Waals surface area (Å²) in [6, 6.07) is 8.19. The number of hydrogen-bond acceptors (Lipinski definition) is 4. The van der Waals surface area contributed by atoms with Crippen LogP contribution in [0.4, 0.5) is 0 Å². The molecule has 0 aromatic heterocycles. The fourth-order valence-electron chi connectivity index (χ4n) is 1.36. The minimum absolute atomic E-state index is 0.117. The van der Waals surface area contributed by atoms with Gasteiger partial charge in [0.25, 0.3) is 0 Å². The zero-order valence-corrected chi connectivity index (χ0v) is 11.3. The fourth-order valence-corrected chi connectivity index (χ4v) is 2.44. The average Bonchev–Trinajstić information content (AvgIpc) is 2.34. The summed E-state index contributed by atoms with van der Waals surface area (Å²) in [6.07, 6.45) is 0. The van der Waals surface area contributed by atoms with Crippen LogP contribution in [0.1, 0.15) is 19.4 Å². The van der Waals surface area contributed by atoms with Crippen molar-refractivity contribution in [2.24, 2.45) is 0 Å². The second-order valence-electron chi connectivity index (χ2n) is 4.15. The Balaban J connectivity index is 2.66. The molecule has 0 radical (unpaired) electrons. The lowest BCUT2D eigenvalue weighted by Gasteiger charge is -2.09. The number of hydrogen-bond donors (Lipinski definition) is 2. The topological polar surface area (TPSA) is 82.0 Å². The van der Waals surface area contributed by atoms with Gasteiger partial charge in [0.2, 0.25) is 10.0 Å². The molecule has 0 aliphatic carbocycles. The summed E-state index contributed by atoms with van der Waals surface area (Å²) < 4.78 is 26.3. The normalized spacial score (nSPS) is 11.4. The van der Waals surface area contributed by atoms with Crippen LogP contribution in [0.3, 0.4) is 0 Å². The van der Waals surface area contributed by atoms with Gasteiger partial charge < -0.3 is 5.32 Å². The van der Waals surface area contributed by atoms with Crippen molar-refractivity contribution in [3.8, 4) is 6.07 Å². The molecule has 18 heavy (non-hydrogen) atoms. The molecule has 5 nitrogen and oxygen atoms in total. The number of benzene rings is 1. The molecule has 0 aliphatic rings. The number of nitriles is 1. The Morgan fingerprint density at radius 3 is 2.67 bits per heavy atom. The molecule has 0 aliphatic heterocycles. The molecular weight excluding hydrogens is 250 g/mol. The molecule has 0 unspecified atom stereocenters. The summed E-state index contributed by atoms with van der Waals surface area (Å²) in [5.41, 5.74) is 0.332. The van der Waals surface area contributed by atoms with Gasteiger partial charge in [-0.3, -0.25) is 0 Å². The first-order chi connectivity index (χ1) is 8.45. The molecule has 1 aromatic rings. The van der Waals surface area contributed by atoms with Crippen LogP contribution in [-0.4, -0.2) is 27.5 Å². The Morgan fingerprint density at radius 1 is 1.33 bits per heavy atom. The van der Waals surface area contributed by atoms with Crippen LogP contribution in [0.2, 0.25) is 0 Å². The molecule has 98 valence electrons. The van der Waals surface area contributed by atoms with Gasteiger partial charge in [0.05, 0.1) is 16.5 Å². The first kappa shape index (κ1) is 14.6. The van der Waals surface area contributed by atoms with E-state index in [0.717, 1.165) is 0 Å². The van der Waals surface area contributed by atoms with E-state index in [2.05, 4.69) is 10.0 Å². The van der Waals surface area contributed by atoms with Crippen LogP contribution in [0.25, 0.3) is 0 Å². The zero-order valence-electron chi connectivity index (χ0n) is 10.5. The molecule has 0 fully saturated rings. The highest BCUT2D eigenvalue weighted by Crippen LogP contribution is 2.10. The first-order valence-electron chi connectivity index (χ1n) is 5.69. The van der Waals surface area contributed by atoms with Crippen LogP contribution in [0.5, 0.6) is 0 Å². The van der Waals surface area contributed by atoms with Gasteiger partial charge in [-0.25, -0.2) is 13.1 Å². The Morgan fingerprint density at radius 2 is 2.06 bits per heavy atom. The highest BCUT2D eigenvalue weighted by atomic mass is 32.2. The summed E-state index contributed by atoms with van der Waals surface area (Å²) in [4.78, 5) is 0.117. The van der Waals surface area contributed by atoms with Crippen molar-refractivity contribution in [1.29, 1.82) is 5.26 Å². The Kier molecular flexibility index (Phi) is 5.28.